The second-order valence-electron chi connectivity index (χ2n) is 9.17. The first-order valence-corrected chi connectivity index (χ1v) is 13.6. The maximum atomic E-state index is 13.4. The second-order valence-corrected chi connectivity index (χ2v) is 11.2. The molecule has 1 atom stereocenters. The number of ether oxygens (including phenoxy) is 1. The zero-order chi connectivity index (χ0) is 28.7. The molecule has 0 aliphatic heterocycles. The number of benzene rings is 2. The van der Waals surface area contributed by atoms with Crippen LogP contribution in [0.25, 0.3) is 5.69 Å². The number of nitrogens with one attached hydrogen (secondary N) is 2. The maximum Gasteiger partial charge on any atom is 0.416 e. The van der Waals surface area contributed by atoms with E-state index in [1.165, 1.54) is 18.2 Å². The van der Waals surface area contributed by atoms with Gasteiger partial charge in [0, 0.05) is 18.3 Å². The summed E-state index contributed by atoms with van der Waals surface area (Å²) in [4.78, 5) is 27.2. The highest BCUT2D eigenvalue weighted by Crippen LogP contribution is 2.31. The van der Waals surface area contributed by atoms with E-state index in [-0.39, 0.29) is 41.1 Å². The molecule has 0 bridgehead atoms. The average molecular weight is 564 g/mol. The number of carbonyl (C=O) groups is 1. The molecule has 0 fully saturated rings. The summed E-state index contributed by atoms with van der Waals surface area (Å²) in [6.45, 7) is 6.30. The van der Waals surface area contributed by atoms with Crippen LogP contribution >= 0.6 is 0 Å². The fraction of sp³-hybridized carbons (Fsp3) is 0.357. The number of amides is 1. The summed E-state index contributed by atoms with van der Waals surface area (Å²) in [7, 11) is 1.79. The van der Waals surface area contributed by atoms with Crippen LogP contribution in [0.3, 0.4) is 0 Å². The minimum atomic E-state index is -4.60. The van der Waals surface area contributed by atoms with Gasteiger partial charge in [-0.2, -0.15) is 13.2 Å². The third-order valence-electron chi connectivity index (χ3n) is 5.94. The van der Waals surface area contributed by atoms with Crippen molar-refractivity contribution in [2.45, 2.75) is 50.1 Å². The molecular formula is C28H32F3N3O4S. The molecule has 3 rings (SSSR count). The van der Waals surface area contributed by atoms with Crippen molar-refractivity contribution in [3.8, 4) is 11.4 Å². The van der Waals surface area contributed by atoms with Gasteiger partial charge in [-0.05, 0) is 87.9 Å². The van der Waals surface area contributed by atoms with Crippen LogP contribution in [0.4, 0.5) is 13.2 Å². The molecule has 11 heteroatoms. The Labute approximate surface area is 228 Å². The van der Waals surface area contributed by atoms with Gasteiger partial charge in [0.1, 0.15) is 16.6 Å². The van der Waals surface area contributed by atoms with E-state index < -0.39 is 34.4 Å². The largest absolute Gasteiger partial charge is 0.611 e. The van der Waals surface area contributed by atoms with Crippen LogP contribution in [0.15, 0.2) is 64.3 Å². The first kappa shape index (κ1) is 30.3. The molecule has 0 radical (unpaired) electrons. The molecular weight excluding hydrogens is 531 g/mol. The van der Waals surface area contributed by atoms with E-state index in [9.17, 15) is 27.3 Å². The minimum Gasteiger partial charge on any atom is -0.611 e. The second kappa shape index (κ2) is 13.2. The van der Waals surface area contributed by atoms with E-state index in [2.05, 4.69) is 10.6 Å². The van der Waals surface area contributed by atoms with Crippen LogP contribution in [-0.2, 0) is 23.9 Å². The zero-order valence-corrected chi connectivity index (χ0v) is 23.0. The van der Waals surface area contributed by atoms with Crippen molar-refractivity contribution in [1.29, 1.82) is 0 Å². The van der Waals surface area contributed by atoms with Crippen molar-refractivity contribution in [3.63, 3.8) is 0 Å². The number of hydrogen-bond acceptors (Lipinski definition) is 5. The summed E-state index contributed by atoms with van der Waals surface area (Å²) in [6.07, 6.45) is -3.97. The van der Waals surface area contributed by atoms with Crippen LogP contribution in [0, 0.1) is 6.92 Å². The quantitative estimate of drug-likeness (QED) is 0.263. The zero-order valence-electron chi connectivity index (χ0n) is 22.2. The van der Waals surface area contributed by atoms with E-state index in [0.29, 0.717) is 17.9 Å². The Morgan fingerprint density at radius 3 is 2.44 bits per heavy atom. The Morgan fingerprint density at radius 1 is 1.13 bits per heavy atom. The average Bonchev–Trinajstić information content (AvgIpc) is 2.90. The third-order valence-corrected chi connectivity index (χ3v) is 7.54. The topological polar surface area (TPSA) is 95.4 Å². The number of aromatic nitrogens is 1. The predicted octanol–water partition coefficient (Wildman–Crippen LogP) is 4.60. The highest BCUT2D eigenvalue weighted by atomic mass is 32.2. The Bertz CT molecular complexity index is 1340. The number of alkyl halides is 3. The highest BCUT2D eigenvalue weighted by Gasteiger charge is 2.31. The first-order valence-electron chi connectivity index (χ1n) is 12.4. The molecule has 2 aromatic carbocycles. The molecule has 0 saturated carbocycles. The van der Waals surface area contributed by atoms with Gasteiger partial charge in [0.2, 0.25) is 0 Å². The van der Waals surface area contributed by atoms with Crippen molar-refractivity contribution in [1.82, 2.24) is 15.2 Å². The lowest BCUT2D eigenvalue weighted by atomic mass is 10.1. The highest BCUT2D eigenvalue weighted by molar-refractivity contribution is 7.92. The number of carbonyl (C=O) groups excluding carboxylic acids is 1. The number of hydrogen-bond donors (Lipinski definition) is 2. The van der Waals surface area contributed by atoms with Crippen molar-refractivity contribution in [2.24, 2.45) is 0 Å². The normalized spacial score (nSPS) is 12.4. The molecule has 0 aliphatic carbocycles. The summed E-state index contributed by atoms with van der Waals surface area (Å²) in [5.41, 5.74) is -0.986. The SMILES string of the molecule is CNCCCOc1cc(C(=O)NCc2ccc([S+]([O-])C(C)C)cc2)c(=O)n(-c2cccc(C(F)(F)F)c2)c1C. The smallest absolute Gasteiger partial charge is 0.416 e. The van der Waals surface area contributed by atoms with Gasteiger partial charge in [-0.25, -0.2) is 0 Å². The monoisotopic (exact) mass is 563 g/mol. The predicted molar refractivity (Wildman–Crippen MR) is 145 cm³/mol. The van der Waals surface area contributed by atoms with E-state index in [4.69, 9.17) is 4.74 Å². The van der Waals surface area contributed by atoms with Gasteiger partial charge in [0.15, 0.2) is 4.90 Å². The van der Waals surface area contributed by atoms with Gasteiger partial charge in [0.25, 0.3) is 11.5 Å². The number of nitrogens with zero attached hydrogens (tertiary/aromatic N) is 1. The fourth-order valence-corrected chi connectivity index (χ4v) is 4.79. The molecule has 1 heterocycles. The summed E-state index contributed by atoms with van der Waals surface area (Å²) < 4.78 is 59.3. The standard InChI is InChI=1S/C28H32F3N3O4S/c1-18(2)39(37)23-11-9-20(10-12-23)17-33-26(35)24-16-25(38-14-6-13-32-4)19(3)34(27(24)36)22-8-5-7-21(15-22)28(29,30)31/h5,7-12,15-16,18,32H,6,13-14,17H2,1-4H3,(H,33,35). The molecule has 210 valence electrons. The lowest BCUT2D eigenvalue weighted by Crippen LogP contribution is -2.33. The van der Waals surface area contributed by atoms with Crippen molar-refractivity contribution in [3.05, 3.63) is 87.3 Å². The lowest BCUT2D eigenvalue weighted by molar-refractivity contribution is -0.137. The molecule has 1 amide bonds. The summed E-state index contributed by atoms with van der Waals surface area (Å²) in [5, 5.41) is 5.64. The Morgan fingerprint density at radius 2 is 1.82 bits per heavy atom. The number of pyridine rings is 1. The Kier molecular flexibility index (Phi) is 10.2. The Balaban J connectivity index is 1.94. The summed E-state index contributed by atoms with van der Waals surface area (Å²) in [6, 6.07) is 12.6. The van der Waals surface area contributed by atoms with Crippen molar-refractivity contribution in [2.75, 3.05) is 20.2 Å². The van der Waals surface area contributed by atoms with Gasteiger partial charge in [0.05, 0.1) is 17.9 Å². The minimum absolute atomic E-state index is 0.0317. The fourth-order valence-electron chi connectivity index (χ4n) is 3.84. The molecule has 7 nitrogen and oxygen atoms in total. The van der Waals surface area contributed by atoms with Crippen LogP contribution in [0.2, 0.25) is 0 Å². The lowest BCUT2D eigenvalue weighted by Gasteiger charge is -2.18. The van der Waals surface area contributed by atoms with Crippen LogP contribution < -0.4 is 20.9 Å². The molecule has 0 saturated heterocycles. The third kappa shape index (κ3) is 7.65. The van der Waals surface area contributed by atoms with Crippen LogP contribution in [0.5, 0.6) is 5.75 Å². The van der Waals surface area contributed by atoms with E-state index >= 15 is 0 Å². The van der Waals surface area contributed by atoms with Gasteiger partial charge < -0.3 is 19.9 Å². The number of rotatable bonds is 11. The van der Waals surface area contributed by atoms with Crippen LogP contribution in [-0.4, -0.2) is 40.5 Å². The molecule has 0 spiro atoms. The molecule has 39 heavy (non-hydrogen) atoms. The molecule has 0 aliphatic rings. The maximum absolute atomic E-state index is 13.4. The molecule has 1 unspecified atom stereocenters. The van der Waals surface area contributed by atoms with Crippen molar-refractivity contribution >= 4 is 17.1 Å². The molecule has 2 N–H and O–H groups in total. The van der Waals surface area contributed by atoms with Gasteiger partial charge in [-0.15, -0.1) is 0 Å². The summed E-state index contributed by atoms with van der Waals surface area (Å²) in [5.74, 6) is -0.482. The van der Waals surface area contributed by atoms with E-state index in [1.54, 1.807) is 38.2 Å². The molecule has 1 aromatic heterocycles. The number of halogens is 3. The van der Waals surface area contributed by atoms with Crippen LogP contribution in [0.1, 0.15) is 47.4 Å². The first-order chi connectivity index (χ1) is 18.4. The van der Waals surface area contributed by atoms with Gasteiger partial charge >= 0.3 is 6.18 Å². The summed E-state index contributed by atoms with van der Waals surface area (Å²) >= 11 is -1.15. The van der Waals surface area contributed by atoms with E-state index in [1.807, 2.05) is 13.8 Å². The van der Waals surface area contributed by atoms with Crippen molar-refractivity contribution < 1.29 is 27.3 Å². The van der Waals surface area contributed by atoms with Gasteiger partial charge in [-0.1, -0.05) is 18.2 Å². The Hall–Kier alpha value is -3.28. The van der Waals surface area contributed by atoms with Gasteiger partial charge in [-0.3, -0.25) is 14.2 Å². The molecule has 3 aromatic rings. The van der Waals surface area contributed by atoms with E-state index in [0.717, 1.165) is 22.3 Å².